The maximum atomic E-state index is 10.0. The third-order valence-corrected chi connectivity index (χ3v) is 10.9. The Morgan fingerprint density at radius 2 is 1.10 bits per heavy atom. The number of allylic oxidation sites excluding steroid dienone is 4. The van der Waals surface area contributed by atoms with Crippen molar-refractivity contribution in [2.75, 3.05) is 0 Å². The number of pyridine rings is 3. The Morgan fingerprint density at radius 3 is 1.71 bits per heavy atom. The maximum absolute atomic E-state index is 10.0. The van der Waals surface area contributed by atoms with Gasteiger partial charge in [-0.05, 0) is 85.9 Å². The van der Waals surface area contributed by atoms with Gasteiger partial charge in [-0.1, -0.05) is 115 Å². The molecule has 0 saturated heterocycles. The molecule has 0 unspecified atom stereocenters. The predicted molar refractivity (Wildman–Crippen MR) is 307 cm³/mol. The van der Waals surface area contributed by atoms with Crippen LogP contribution in [0.2, 0.25) is 0 Å². The van der Waals surface area contributed by atoms with Crippen molar-refractivity contribution in [3.8, 4) is 44.9 Å². The summed E-state index contributed by atoms with van der Waals surface area (Å²) in [4.78, 5) is 38.2. The van der Waals surface area contributed by atoms with Crippen LogP contribution in [0.3, 0.4) is 0 Å². The largest absolute Gasteiger partial charge is 2.00 e. The second-order valence-corrected chi connectivity index (χ2v) is 17.3. The number of aromatic nitrogens is 3. The molecule has 3 heterocycles. The van der Waals surface area contributed by atoms with Crippen LogP contribution in [0.15, 0.2) is 223 Å². The van der Waals surface area contributed by atoms with Crippen LogP contribution < -0.4 is 0 Å². The summed E-state index contributed by atoms with van der Waals surface area (Å²) in [5, 5.41) is 21.6. The number of hydrogen-bond donors (Lipinski definition) is 2. The van der Waals surface area contributed by atoms with Gasteiger partial charge in [0.05, 0.1) is 11.5 Å². The Bertz CT molecular complexity index is 3540. The van der Waals surface area contributed by atoms with Crippen molar-refractivity contribution in [3.63, 3.8) is 0 Å². The summed E-state index contributed by atoms with van der Waals surface area (Å²) in [6.07, 6.45) is 9.82. The first-order chi connectivity index (χ1) is 36.2. The van der Waals surface area contributed by atoms with Gasteiger partial charge < -0.3 is 25.2 Å². The SMILES string of the molecule is CC(=O)C=C(C)O.CC(=O)C=C(C)O.Cc1[c-]c(-c2ncc3ccccc3c2C)cc(C)c1.[Ir].[Ir].[Pt+2].[c-]1c(C=Nc2ccccc2-c2[c-]cccc2)cccc1-c1ccccn1.[c-]1ccccc1-c1cc2ccccc2cn1. The molecular weight excluding hydrogens is 1500 g/mol. The molecule has 0 amide bonds. The molecule has 2 N–H and O–H groups in total. The molecule has 3 aromatic heterocycles. The molecule has 0 saturated carbocycles. The summed E-state index contributed by atoms with van der Waals surface area (Å²) < 4.78 is 0. The number of carbonyl (C=O) groups is 2. The van der Waals surface area contributed by atoms with Crippen LogP contribution in [0.5, 0.6) is 0 Å². The third-order valence-electron chi connectivity index (χ3n) is 10.9. The van der Waals surface area contributed by atoms with Crippen molar-refractivity contribution in [2.45, 2.75) is 48.5 Å². The van der Waals surface area contributed by atoms with Crippen LogP contribution in [-0.4, -0.2) is 42.9 Å². The Hall–Kier alpha value is -7.41. The molecule has 8 nitrogen and oxygen atoms in total. The monoisotopic (exact) mass is 1560 g/mol. The van der Waals surface area contributed by atoms with Crippen molar-refractivity contribution in [1.82, 2.24) is 15.0 Å². The smallest absolute Gasteiger partial charge is 0.512 e. The van der Waals surface area contributed by atoms with Gasteiger partial charge in [0.25, 0.3) is 0 Å². The van der Waals surface area contributed by atoms with Crippen molar-refractivity contribution in [2.24, 2.45) is 4.99 Å². The molecule has 0 aliphatic rings. The van der Waals surface area contributed by atoms with Gasteiger partial charge in [-0.15, -0.1) is 137 Å². The topological polar surface area (TPSA) is 126 Å². The van der Waals surface area contributed by atoms with Crippen molar-refractivity contribution >= 4 is 45.0 Å². The Morgan fingerprint density at radius 1 is 0.526 bits per heavy atom. The fourth-order valence-corrected chi connectivity index (χ4v) is 7.72. The molecule has 2 radical (unpaired) electrons. The quantitative estimate of drug-likeness (QED) is 0.0672. The molecule has 0 spiro atoms. The molecule has 400 valence electrons. The molecule has 10 rings (SSSR count). The summed E-state index contributed by atoms with van der Waals surface area (Å²) in [5.41, 5.74) is 13.5. The first-order valence-electron chi connectivity index (χ1n) is 24.2. The van der Waals surface area contributed by atoms with Gasteiger partial charge in [-0.3, -0.25) is 14.6 Å². The van der Waals surface area contributed by atoms with Gasteiger partial charge in [0, 0.05) is 82.3 Å². The second-order valence-electron chi connectivity index (χ2n) is 17.3. The maximum Gasteiger partial charge on any atom is 2.00 e. The van der Waals surface area contributed by atoms with E-state index in [0.717, 1.165) is 61.7 Å². The molecule has 78 heavy (non-hydrogen) atoms. The number of aliphatic imine (C=N–C) groups is 1. The summed E-state index contributed by atoms with van der Waals surface area (Å²) in [7, 11) is 0. The summed E-state index contributed by atoms with van der Waals surface area (Å²) in [5.74, 6) is -0.125. The fraction of sp³-hybridized carbons (Fsp3) is 0.104. The Labute approximate surface area is 500 Å². The molecule has 11 heteroatoms. The number of nitrogens with zero attached hydrogens (tertiary/aromatic N) is 4. The van der Waals surface area contributed by atoms with E-state index < -0.39 is 0 Å². The zero-order chi connectivity index (χ0) is 53.5. The molecule has 0 aliphatic carbocycles. The van der Waals surface area contributed by atoms with E-state index in [2.05, 4.69) is 115 Å². The fourth-order valence-electron chi connectivity index (χ4n) is 7.72. The van der Waals surface area contributed by atoms with Crippen molar-refractivity contribution < 1.29 is 81.1 Å². The average Bonchev–Trinajstić information content (AvgIpc) is 3.43. The van der Waals surface area contributed by atoms with E-state index >= 15 is 0 Å². The zero-order valence-electron chi connectivity index (χ0n) is 44.2. The number of carbonyl (C=O) groups excluding carboxylic acids is 2. The normalized spacial score (nSPS) is 10.5. The molecule has 7 aromatic carbocycles. The van der Waals surface area contributed by atoms with E-state index in [4.69, 9.17) is 15.2 Å². The summed E-state index contributed by atoms with van der Waals surface area (Å²) >= 11 is 0. The molecule has 0 bridgehead atoms. The van der Waals surface area contributed by atoms with E-state index in [9.17, 15) is 9.59 Å². The van der Waals surface area contributed by atoms with Crippen molar-refractivity contribution in [3.05, 3.63) is 265 Å². The minimum absolute atomic E-state index is 0. The standard InChI is InChI=1S/C24H16N2.C18H16N.C15H10N.2C5H8O2.2Ir.Pt/c1-2-10-20(11-3-1)22-13-4-5-15-24(22)26-18-19-9-8-12-21(17-19)23-14-6-7-16-25-23;1-12-8-13(2)10-16(9-12)18-14(3)17-7-5-4-6-15(17)11-19-18;1-2-6-12(7-3-1)15-10-13-8-4-5-9-14(13)11-16-15;2*1-4(6)3-5(2)7;;;/h1-10,12-16,18H;4-9,11H,1-3H3;1-6,8-11H;2*3,6H,1-2H3;;;/q-2;2*-1;;;;;+2. The number of ketones is 2. The van der Waals surface area contributed by atoms with Crippen LogP contribution in [-0.2, 0) is 70.9 Å². The average molecular weight is 1560 g/mol. The summed E-state index contributed by atoms with van der Waals surface area (Å²) in [6, 6.07) is 72.0. The minimum atomic E-state index is -0.125. The number of benzene rings is 7. The number of rotatable bonds is 8. The number of para-hydroxylation sites is 1. The van der Waals surface area contributed by atoms with E-state index in [1.165, 1.54) is 72.5 Å². The first kappa shape index (κ1) is 64.9. The number of aliphatic hydroxyl groups is 2. The predicted octanol–water partition coefficient (Wildman–Crippen LogP) is 16.2. The van der Waals surface area contributed by atoms with Crippen LogP contribution in [0.1, 0.15) is 49.9 Å². The molecule has 0 atom stereocenters. The van der Waals surface area contributed by atoms with Gasteiger partial charge in [0.1, 0.15) is 0 Å². The van der Waals surface area contributed by atoms with Crippen LogP contribution in [0, 0.1) is 45.0 Å². The summed E-state index contributed by atoms with van der Waals surface area (Å²) in [6.45, 7) is 12.0. The molecule has 10 aromatic rings. The van der Waals surface area contributed by atoms with Gasteiger partial charge in [0.15, 0.2) is 11.6 Å². The Balaban J connectivity index is 0.000000275. The number of aryl methyl sites for hydroxylation is 3. The van der Waals surface area contributed by atoms with Crippen LogP contribution >= 0.6 is 0 Å². The zero-order valence-corrected chi connectivity index (χ0v) is 51.3. The van der Waals surface area contributed by atoms with E-state index in [-0.39, 0.29) is 84.4 Å². The molecular formula is C67H58Ir2N4O4Pt-2. The second kappa shape index (κ2) is 33.7. The first-order valence-corrected chi connectivity index (χ1v) is 24.2. The van der Waals surface area contributed by atoms with Crippen LogP contribution in [0.4, 0.5) is 5.69 Å². The van der Waals surface area contributed by atoms with Gasteiger partial charge >= 0.3 is 21.1 Å². The third kappa shape index (κ3) is 20.8. The van der Waals surface area contributed by atoms with Crippen molar-refractivity contribution in [1.29, 1.82) is 0 Å². The molecule has 0 aliphatic heterocycles. The van der Waals surface area contributed by atoms with E-state index in [1.54, 1.807) is 6.20 Å². The van der Waals surface area contributed by atoms with Gasteiger partial charge in [0.2, 0.25) is 0 Å². The number of aliphatic hydroxyl groups excluding tert-OH is 2. The van der Waals surface area contributed by atoms with Gasteiger partial charge in [-0.2, -0.15) is 0 Å². The molecule has 0 fully saturated rings. The minimum Gasteiger partial charge on any atom is -0.512 e. The number of fused-ring (bicyclic) bond motifs is 2. The Kier molecular flexibility index (Phi) is 28.0. The van der Waals surface area contributed by atoms with E-state index in [0.29, 0.717) is 0 Å². The van der Waals surface area contributed by atoms with Crippen LogP contribution in [0.25, 0.3) is 66.4 Å². The van der Waals surface area contributed by atoms with E-state index in [1.807, 2.05) is 140 Å². The van der Waals surface area contributed by atoms with Gasteiger partial charge in [-0.25, -0.2) is 0 Å². The number of hydrogen-bond acceptors (Lipinski definition) is 8.